The second kappa shape index (κ2) is 11.5. The van der Waals surface area contributed by atoms with Crippen LogP contribution in [0.15, 0.2) is 59.1 Å². The summed E-state index contributed by atoms with van der Waals surface area (Å²) in [5, 5.41) is 2.82. The molecule has 1 N–H and O–H groups in total. The molecule has 136 valence electrons. The maximum atomic E-state index is 11.9. The lowest BCUT2D eigenvalue weighted by atomic mass is 10.1. The smallest absolute Gasteiger partial charge is 0.221 e. The molecule has 0 bridgehead atoms. The lowest BCUT2D eigenvalue weighted by Crippen LogP contribution is -2.23. The number of benzene rings is 2. The summed E-state index contributed by atoms with van der Waals surface area (Å²) in [4.78, 5) is 11.9. The van der Waals surface area contributed by atoms with E-state index in [1.54, 1.807) is 7.11 Å². The van der Waals surface area contributed by atoms with Crippen molar-refractivity contribution < 1.29 is 14.3 Å². The minimum atomic E-state index is -0.399. The Morgan fingerprint density at radius 3 is 2.58 bits per heavy atom. The predicted molar refractivity (Wildman–Crippen MR) is 105 cm³/mol. The van der Waals surface area contributed by atoms with E-state index < -0.39 is 6.10 Å². The Morgan fingerprint density at radius 1 is 1.15 bits per heavy atom. The van der Waals surface area contributed by atoms with E-state index in [-0.39, 0.29) is 19.2 Å². The van der Waals surface area contributed by atoms with Crippen LogP contribution in [0, 0.1) is 11.8 Å². The van der Waals surface area contributed by atoms with Gasteiger partial charge >= 0.3 is 0 Å². The summed E-state index contributed by atoms with van der Waals surface area (Å²) >= 11 is 3.41. The summed E-state index contributed by atoms with van der Waals surface area (Å²) in [7, 11) is 1.57. The molecule has 0 aromatic heterocycles. The Balaban J connectivity index is 1.82. The van der Waals surface area contributed by atoms with E-state index in [1.165, 1.54) is 0 Å². The Bertz CT molecular complexity index is 735. The van der Waals surface area contributed by atoms with Crippen LogP contribution in [0.3, 0.4) is 0 Å². The molecular formula is C21H22BrNO3. The second-order valence-corrected chi connectivity index (χ2v) is 6.50. The van der Waals surface area contributed by atoms with Crippen LogP contribution in [0.1, 0.15) is 23.7 Å². The highest BCUT2D eigenvalue weighted by atomic mass is 79.9. The van der Waals surface area contributed by atoms with Crippen molar-refractivity contribution in [2.75, 3.05) is 20.4 Å². The minimum absolute atomic E-state index is 0.0128. The maximum absolute atomic E-state index is 11.9. The molecule has 5 heteroatoms. The van der Waals surface area contributed by atoms with Crippen LogP contribution in [-0.4, -0.2) is 26.4 Å². The van der Waals surface area contributed by atoms with Gasteiger partial charge in [-0.15, -0.1) is 0 Å². The zero-order valence-electron chi connectivity index (χ0n) is 14.7. The molecule has 0 fully saturated rings. The number of carbonyl (C=O) groups excluding carboxylic acids is 1. The number of hydrogen-bond acceptors (Lipinski definition) is 3. The van der Waals surface area contributed by atoms with Crippen LogP contribution in [-0.2, 0) is 20.7 Å². The zero-order valence-corrected chi connectivity index (χ0v) is 16.3. The highest BCUT2D eigenvalue weighted by Crippen LogP contribution is 2.19. The molecule has 0 radical (unpaired) electrons. The van der Waals surface area contributed by atoms with E-state index in [4.69, 9.17) is 9.47 Å². The van der Waals surface area contributed by atoms with Crippen LogP contribution in [0.4, 0.5) is 0 Å². The Hall–Kier alpha value is -2.13. The van der Waals surface area contributed by atoms with Gasteiger partial charge in [-0.05, 0) is 29.7 Å². The monoisotopic (exact) mass is 415 g/mol. The quantitative estimate of drug-likeness (QED) is 0.525. The van der Waals surface area contributed by atoms with Crippen molar-refractivity contribution in [2.45, 2.75) is 18.9 Å². The predicted octanol–water partition coefficient (Wildman–Crippen LogP) is 3.86. The fraction of sp³-hybridized carbons (Fsp3) is 0.286. The highest BCUT2D eigenvalue weighted by Gasteiger charge is 2.08. The number of rotatable bonds is 8. The van der Waals surface area contributed by atoms with Gasteiger partial charge < -0.3 is 14.8 Å². The maximum Gasteiger partial charge on any atom is 0.221 e. The molecule has 2 aromatic carbocycles. The van der Waals surface area contributed by atoms with Gasteiger partial charge in [0.1, 0.15) is 12.9 Å². The van der Waals surface area contributed by atoms with E-state index in [0.29, 0.717) is 6.42 Å². The number of ether oxygens (including phenoxy) is 2. The first-order chi connectivity index (χ1) is 12.7. The van der Waals surface area contributed by atoms with E-state index in [1.807, 2.05) is 54.6 Å². The second-order valence-electron chi connectivity index (χ2n) is 5.59. The normalized spacial score (nSPS) is 11.3. The third-order valence-corrected chi connectivity index (χ3v) is 4.14. The SMILES string of the molecule is COCOC(C#CCNC(=O)CCc1ccccc1)c1ccc(Br)cc1. The molecule has 0 saturated carbocycles. The Labute approximate surface area is 163 Å². The van der Waals surface area contributed by atoms with Crippen molar-refractivity contribution in [2.24, 2.45) is 0 Å². The lowest BCUT2D eigenvalue weighted by molar-refractivity contribution is -0.120. The van der Waals surface area contributed by atoms with E-state index in [9.17, 15) is 4.79 Å². The van der Waals surface area contributed by atoms with Gasteiger partial charge in [0.2, 0.25) is 5.91 Å². The van der Waals surface area contributed by atoms with Gasteiger partial charge in [-0.2, -0.15) is 0 Å². The first-order valence-electron chi connectivity index (χ1n) is 8.34. The lowest BCUT2D eigenvalue weighted by Gasteiger charge is -2.12. The first-order valence-corrected chi connectivity index (χ1v) is 9.13. The van der Waals surface area contributed by atoms with E-state index in [2.05, 4.69) is 33.1 Å². The molecule has 0 heterocycles. The van der Waals surface area contributed by atoms with Crippen molar-refractivity contribution in [3.8, 4) is 11.8 Å². The third kappa shape index (κ3) is 7.40. The van der Waals surface area contributed by atoms with Crippen molar-refractivity contribution >= 4 is 21.8 Å². The van der Waals surface area contributed by atoms with E-state index >= 15 is 0 Å². The average molecular weight is 416 g/mol. The molecule has 2 aromatic rings. The fourth-order valence-corrected chi connectivity index (χ4v) is 2.54. The Kier molecular flexibility index (Phi) is 8.91. The van der Waals surface area contributed by atoms with Gasteiger partial charge in [0.05, 0.1) is 6.54 Å². The third-order valence-electron chi connectivity index (χ3n) is 3.62. The largest absolute Gasteiger partial charge is 0.359 e. The molecule has 1 unspecified atom stereocenters. The molecule has 1 atom stereocenters. The zero-order chi connectivity index (χ0) is 18.6. The number of hydrogen-bond donors (Lipinski definition) is 1. The number of methoxy groups -OCH3 is 1. The van der Waals surface area contributed by atoms with Gasteiger partial charge in [0, 0.05) is 18.0 Å². The molecule has 26 heavy (non-hydrogen) atoms. The summed E-state index contributed by atoms with van der Waals surface area (Å²) in [5.74, 6) is 5.99. The Morgan fingerprint density at radius 2 is 1.88 bits per heavy atom. The van der Waals surface area contributed by atoms with Crippen LogP contribution in [0.2, 0.25) is 0 Å². The van der Waals surface area contributed by atoms with Crippen molar-refractivity contribution in [3.63, 3.8) is 0 Å². The molecule has 0 aliphatic rings. The number of carbonyl (C=O) groups is 1. The summed E-state index contributed by atoms with van der Waals surface area (Å²) in [5.41, 5.74) is 2.09. The molecule has 0 aliphatic carbocycles. The van der Waals surface area contributed by atoms with Crippen LogP contribution < -0.4 is 5.32 Å². The first kappa shape index (κ1) is 20.2. The standard InChI is InChI=1S/C21H22BrNO3/c1-25-16-26-20(18-10-12-19(22)13-11-18)8-5-15-23-21(24)14-9-17-6-3-2-4-7-17/h2-4,6-7,10-13,20H,9,14-16H2,1H3,(H,23,24). The van der Waals surface area contributed by atoms with Crippen LogP contribution >= 0.6 is 15.9 Å². The van der Waals surface area contributed by atoms with Crippen molar-refractivity contribution in [1.82, 2.24) is 5.32 Å². The van der Waals surface area contributed by atoms with Crippen LogP contribution in [0.5, 0.6) is 0 Å². The van der Waals surface area contributed by atoms with Crippen molar-refractivity contribution in [3.05, 3.63) is 70.2 Å². The van der Waals surface area contributed by atoms with Gasteiger partial charge in [-0.1, -0.05) is 70.2 Å². The summed E-state index contributed by atoms with van der Waals surface area (Å²) in [6, 6.07) is 17.7. The number of aryl methyl sites for hydroxylation is 1. The molecule has 1 amide bonds. The summed E-state index contributed by atoms with van der Waals surface area (Å²) in [6.07, 6.45) is 0.768. The molecule has 0 saturated heterocycles. The van der Waals surface area contributed by atoms with Gasteiger partial charge in [0.15, 0.2) is 0 Å². The summed E-state index contributed by atoms with van der Waals surface area (Å²) in [6.45, 7) is 0.440. The molecule has 0 spiro atoms. The molecular weight excluding hydrogens is 394 g/mol. The topological polar surface area (TPSA) is 47.6 Å². The highest BCUT2D eigenvalue weighted by molar-refractivity contribution is 9.10. The summed E-state index contributed by atoms with van der Waals surface area (Å²) < 4.78 is 11.6. The van der Waals surface area contributed by atoms with E-state index in [0.717, 1.165) is 22.0 Å². The number of halogens is 1. The average Bonchev–Trinajstić information content (AvgIpc) is 2.67. The minimum Gasteiger partial charge on any atom is -0.359 e. The van der Waals surface area contributed by atoms with Gasteiger partial charge in [0.25, 0.3) is 0 Å². The van der Waals surface area contributed by atoms with Gasteiger partial charge in [-0.3, -0.25) is 4.79 Å². The number of amides is 1. The fourth-order valence-electron chi connectivity index (χ4n) is 2.27. The van der Waals surface area contributed by atoms with Crippen molar-refractivity contribution in [1.29, 1.82) is 0 Å². The van der Waals surface area contributed by atoms with Gasteiger partial charge in [-0.25, -0.2) is 0 Å². The van der Waals surface area contributed by atoms with Crippen LogP contribution in [0.25, 0.3) is 0 Å². The molecule has 2 rings (SSSR count). The molecule has 4 nitrogen and oxygen atoms in total. The number of nitrogens with one attached hydrogen (secondary N) is 1. The molecule has 0 aliphatic heterocycles.